The monoisotopic (exact) mass is 315 g/mol. The summed E-state index contributed by atoms with van der Waals surface area (Å²) in [6.45, 7) is 4.11. The van der Waals surface area contributed by atoms with Crippen LogP contribution in [0.5, 0.6) is 0 Å². The first-order valence-electron chi connectivity index (χ1n) is 7.75. The van der Waals surface area contributed by atoms with Gasteiger partial charge in [-0.25, -0.2) is 9.78 Å². The Balaban J connectivity index is 1.73. The minimum Gasteiger partial charge on any atom is -0.335 e. The number of rotatable bonds is 7. The third-order valence-electron chi connectivity index (χ3n) is 3.40. The molecule has 0 saturated carbocycles. The standard InChI is InChI=1S/C17H25N5O/c1-14(11-22-9-8-18-13-22)20-17(23)19-10-15-4-6-16(7-5-15)12-21(2)3/h4-9,13-14H,10-12H2,1-3H3,(H2,19,20,23)/t14-/m0/s1. The highest BCUT2D eigenvalue weighted by Gasteiger charge is 2.07. The van der Waals surface area contributed by atoms with Gasteiger partial charge in [-0.2, -0.15) is 0 Å². The molecule has 1 aromatic carbocycles. The molecular weight excluding hydrogens is 290 g/mol. The number of hydrogen-bond acceptors (Lipinski definition) is 3. The summed E-state index contributed by atoms with van der Waals surface area (Å²) in [6, 6.07) is 8.16. The summed E-state index contributed by atoms with van der Waals surface area (Å²) in [5.41, 5.74) is 2.35. The highest BCUT2D eigenvalue weighted by atomic mass is 16.2. The fraction of sp³-hybridized carbons (Fsp3) is 0.412. The molecule has 6 heteroatoms. The van der Waals surface area contributed by atoms with E-state index in [2.05, 4.69) is 32.7 Å². The van der Waals surface area contributed by atoms with Crippen LogP contribution in [0.25, 0.3) is 0 Å². The zero-order chi connectivity index (χ0) is 16.7. The number of carbonyl (C=O) groups excluding carboxylic acids is 1. The molecular formula is C17H25N5O. The van der Waals surface area contributed by atoms with E-state index < -0.39 is 0 Å². The molecule has 2 aromatic rings. The lowest BCUT2D eigenvalue weighted by atomic mass is 10.1. The van der Waals surface area contributed by atoms with E-state index in [4.69, 9.17) is 0 Å². The molecule has 0 aliphatic heterocycles. The number of urea groups is 1. The highest BCUT2D eigenvalue weighted by molar-refractivity contribution is 5.74. The second kappa shape index (κ2) is 8.33. The first kappa shape index (κ1) is 17.0. The number of benzene rings is 1. The number of hydrogen-bond donors (Lipinski definition) is 2. The molecule has 6 nitrogen and oxygen atoms in total. The minimum absolute atomic E-state index is 0.0340. The Morgan fingerprint density at radius 1 is 1.26 bits per heavy atom. The molecule has 0 bridgehead atoms. The van der Waals surface area contributed by atoms with Crippen molar-refractivity contribution in [2.24, 2.45) is 0 Å². The van der Waals surface area contributed by atoms with E-state index >= 15 is 0 Å². The van der Waals surface area contributed by atoms with Crippen molar-refractivity contribution in [3.8, 4) is 0 Å². The molecule has 2 rings (SSSR count). The number of carbonyl (C=O) groups is 1. The number of nitrogens with one attached hydrogen (secondary N) is 2. The van der Waals surface area contributed by atoms with Crippen LogP contribution in [0.15, 0.2) is 43.0 Å². The Hall–Kier alpha value is -2.34. The molecule has 0 fully saturated rings. The Labute approximate surface area is 137 Å². The van der Waals surface area contributed by atoms with E-state index in [1.54, 1.807) is 12.5 Å². The largest absolute Gasteiger partial charge is 0.335 e. The van der Waals surface area contributed by atoms with Crippen molar-refractivity contribution in [3.05, 3.63) is 54.1 Å². The molecule has 0 aliphatic rings. The molecule has 0 radical (unpaired) electrons. The predicted octanol–water partition coefficient (Wildman–Crippen LogP) is 1.83. The Bertz CT molecular complexity index is 592. The fourth-order valence-corrected chi connectivity index (χ4v) is 2.34. The summed E-state index contributed by atoms with van der Waals surface area (Å²) in [7, 11) is 4.09. The Kier molecular flexibility index (Phi) is 6.17. The summed E-state index contributed by atoms with van der Waals surface area (Å²) >= 11 is 0. The van der Waals surface area contributed by atoms with Crippen molar-refractivity contribution in [2.75, 3.05) is 14.1 Å². The third kappa shape index (κ3) is 6.12. The summed E-state index contributed by atoms with van der Waals surface area (Å²) in [4.78, 5) is 18.0. The molecule has 0 spiro atoms. The number of aromatic nitrogens is 2. The van der Waals surface area contributed by atoms with E-state index in [-0.39, 0.29) is 12.1 Å². The first-order chi connectivity index (χ1) is 11.0. The van der Waals surface area contributed by atoms with Crippen LogP contribution in [0, 0.1) is 0 Å². The maximum atomic E-state index is 11.9. The van der Waals surface area contributed by atoms with E-state index in [1.807, 2.05) is 43.9 Å². The van der Waals surface area contributed by atoms with E-state index in [0.29, 0.717) is 13.1 Å². The Morgan fingerprint density at radius 3 is 2.57 bits per heavy atom. The summed E-state index contributed by atoms with van der Waals surface area (Å²) in [6.07, 6.45) is 5.35. The van der Waals surface area contributed by atoms with Crippen LogP contribution in [0.1, 0.15) is 18.1 Å². The van der Waals surface area contributed by atoms with Gasteiger partial charge >= 0.3 is 6.03 Å². The molecule has 2 N–H and O–H groups in total. The average Bonchev–Trinajstić information content (AvgIpc) is 2.98. The van der Waals surface area contributed by atoms with E-state index in [9.17, 15) is 4.79 Å². The molecule has 0 aliphatic carbocycles. The second-order valence-electron chi connectivity index (χ2n) is 6.04. The summed E-state index contributed by atoms with van der Waals surface area (Å²) in [5, 5.41) is 5.80. The summed E-state index contributed by atoms with van der Waals surface area (Å²) in [5.74, 6) is 0. The van der Waals surface area contributed by atoms with Crippen molar-refractivity contribution in [1.29, 1.82) is 0 Å². The van der Waals surface area contributed by atoms with Gasteiger partial charge in [-0.1, -0.05) is 24.3 Å². The number of imidazole rings is 1. The quantitative estimate of drug-likeness (QED) is 0.819. The van der Waals surface area contributed by atoms with Crippen LogP contribution in [0.4, 0.5) is 4.79 Å². The fourth-order valence-electron chi connectivity index (χ4n) is 2.34. The molecule has 2 amide bonds. The lowest BCUT2D eigenvalue weighted by molar-refractivity contribution is 0.236. The second-order valence-corrected chi connectivity index (χ2v) is 6.04. The number of amides is 2. The average molecular weight is 315 g/mol. The van der Waals surface area contributed by atoms with Crippen molar-refractivity contribution in [1.82, 2.24) is 25.1 Å². The van der Waals surface area contributed by atoms with Crippen LogP contribution >= 0.6 is 0 Å². The molecule has 1 heterocycles. The van der Waals surface area contributed by atoms with Crippen LogP contribution in [0.2, 0.25) is 0 Å². The molecule has 1 atom stereocenters. The normalized spacial score (nSPS) is 12.2. The SMILES string of the molecule is C[C@@H](Cn1ccnc1)NC(=O)NCc1ccc(CN(C)C)cc1. The van der Waals surface area contributed by atoms with Gasteiger partial charge in [-0.3, -0.25) is 0 Å². The predicted molar refractivity (Wildman–Crippen MR) is 90.9 cm³/mol. The van der Waals surface area contributed by atoms with Gasteiger partial charge in [0.25, 0.3) is 0 Å². The topological polar surface area (TPSA) is 62.2 Å². The van der Waals surface area contributed by atoms with Gasteiger partial charge in [0, 0.05) is 38.1 Å². The van der Waals surface area contributed by atoms with Gasteiger partial charge in [0.15, 0.2) is 0 Å². The highest BCUT2D eigenvalue weighted by Crippen LogP contribution is 2.06. The van der Waals surface area contributed by atoms with Crippen LogP contribution in [-0.4, -0.2) is 40.6 Å². The zero-order valence-corrected chi connectivity index (χ0v) is 14.0. The molecule has 23 heavy (non-hydrogen) atoms. The van der Waals surface area contributed by atoms with Crippen molar-refractivity contribution in [3.63, 3.8) is 0 Å². The van der Waals surface area contributed by atoms with Crippen LogP contribution in [0.3, 0.4) is 0 Å². The van der Waals surface area contributed by atoms with Crippen molar-refractivity contribution < 1.29 is 4.79 Å². The van der Waals surface area contributed by atoms with Gasteiger partial charge in [0.2, 0.25) is 0 Å². The maximum absolute atomic E-state index is 11.9. The van der Waals surface area contributed by atoms with E-state index in [1.165, 1.54) is 5.56 Å². The minimum atomic E-state index is -0.157. The first-order valence-corrected chi connectivity index (χ1v) is 7.75. The van der Waals surface area contributed by atoms with E-state index in [0.717, 1.165) is 12.1 Å². The molecule has 1 aromatic heterocycles. The zero-order valence-electron chi connectivity index (χ0n) is 14.0. The van der Waals surface area contributed by atoms with Crippen molar-refractivity contribution in [2.45, 2.75) is 32.6 Å². The lowest BCUT2D eigenvalue weighted by Gasteiger charge is -2.15. The van der Waals surface area contributed by atoms with Crippen LogP contribution in [-0.2, 0) is 19.6 Å². The van der Waals surface area contributed by atoms with Gasteiger partial charge in [-0.05, 0) is 32.1 Å². The number of nitrogens with zero attached hydrogens (tertiary/aromatic N) is 3. The lowest BCUT2D eigenvalue weighted by Crippen LogP contribution is -2.42. The third-order valence-corrected chi connectivity index (χ3v) is 3.40. The summed E-state index contributed by atoms with van der Waals surface area (Å²) < 4.78 is 1.94. The maximum Gasteiger partial charge on any atom is 0.315 e. The Morgan fingerprint density at radius 2 is 1.96 bits per heavy atom. The van der Waals surface area contributed by atoms with Crippen LogP contribution < -0.4 is 10.6 Å². The van der Waals surface area contributed by atoms with Gasteiger partial charge < -0.3 is 20.1 Å². The smallest absolute Gasteiger partial charge is 0.315 e. The van der Waals surface area contributed by atoms with Crippen molar-refractivity contribution >= 4 is 6.03 Å². The molecule has 124 valence electrons. The van der Waals surface area contributed by atoms with Gasteiger partial charge in [0.05, 0.1) is 6.33 Å². The molecule has 0 unspecified atom stereocenters. The van der Waals surface area contributed by atoms with Gasteiger partial charge in [-0.15, -0.1) is 0 Å². The van der Waals surface area contributed by atoms with Gasteiger partial charge in [0.1, 0.15) is 0 Å². The molecule has 0 saturated heterocycles.